The molecule has 10 heteroatoms. The maximum atomic E-state index is 12.6. The molecule has 0 bridgehead atoms. The lowest BCUT2D eigenvalue weighted by molar-refractivity contribution is -0.161. The summed E-state index contributed by atoms with van der Waals surface area (Å²) in [5.41, 5.74) is 5.36. The summed E-state index contributed by atoms with van der Waals surface area (Å²) >= 11 is 0. The molecule has 2 unspecified atom stereocenters. The van der Waals surface area contributed by atoms with Gasteiger partial charge < -0.3 is 20.1 Å². The maximum absolute atomic E-state index is 12.6. The highest BCUT2D eigenvalue weighted by Gasteiger charge is 2.26. The van der Waals surface area contributed by atoms with E-state index in [0.717, 1.165) is 57.8 Å². The Bertz CT molecular complexity index is 1040. The number of hydrogen-bond donors (Lipinski definition) is 2. The van der Waals surface area contributed by atoms with Crippen molar-refractivity contribution in [1.29, 1.82) is 0 Å². The number of hydrogen-bond acceptors (Lipinski definition) is 8. The van der Waals surface area contributed by atoms with Gasteiger partial charge in [-0.1, -0.05) is 218 Å². The van der Waals surface area contributed by atoms with E-state index < -0.39 is 26.5 Å². The summed E-state index contributed by atoms with van der Waals surface area (Å²) < 4.78 is 32.9. The van der Waals surface area contributed by atoms with Crippen LogP contribution >= 0.6 is 7.82 Å². The van der Waals surface area contributed by atoms with E-state index in [1.807, 2.05) is 0 Å². The third kappa shape index (κ3) is 46.0. The Balaban J connectivity index is 3.98. The Morgan fingerprint density at radius 2 is 0.867 bits per heavy atom. The Hall–Kier alpha value is -1.51. The van der Waals surface area contributed by atoms with E-state index in [1.165, 1.54) is 161 Å². The molecule has 0 aliphatic carbocycles. The fraction of sp³-hybridized carbons (Fsp3) is 0.880. The topological polar surface area (TPSA) is 134 Å². The van der Waals surface area contributed by atoms with E-state index in [4.69, 9.17) is 24.3 Å². The number of allylic oxidation sites excluding steroid dienone is 4. The maximum Gasteiger partial charge on any atom is 0.472 e. The van der Waals surface area contributed by atoms with Crippen LogP contribution in [0.4, 0.5) is 0 Å². The summed E-state index contributed by atoms with van der Waals surface area (Å²) in [7, 11) is -4.38. The summed E-state index contributed by atoms with van der Waals surface area (Å²) in [6, 6.07) is 0. The smallest absolute Gasteiger partial charge is 0.462 e. The average Bonchev–Trinajstić information content (AvgIpc) is 3.24. The van der Waals surface area contributed by atoms with Crippen LogP contribution in [0.1, 0.15) is 251 Å². The summed E-state index contributed by atoms with van der Waals surface area (Å²) in [4.78, 5) is 35.0. The van der Waals surface area contributed by atoms with E-state index in [9.17, 15) is 19.0 Å². The molecule has 0 radical (unpaired) electrons. The lowest BCUT2D eigenvalue weighted by atomic mass is 10.0. The number of phosphoric acid groups is 1. The van der Waals surface area contributed by atoms with Gasteiger partial charge in [-0.05, 0) is 44.9 Å². The number of carbonyl (C=O) groups is 2. The van der Waals surface area contributed by atoms with Crippen molar-refractivity contribution in [1.82, 2.24) is 0 Å². The monoisotopic (exact) mass is 870 g/mol. The lowest BCUT2D eigenvalue weighted by Gasteiger charge is -2.19. The molecule has 0 amide bonds. The molecular weight excluding hydrogens is 774 g/mol. The van der Waals surface area contributed by atoms with E-state index in [0.29, 0.717) is 6.42 Å². The molecule has 0 aliphatic heterocycles. The normalized spacial score (nSPS) is 13.3. The second-order valence-corrected chi connectivity index (χ2v) is 18.5. The summed E-state index contributed by atoms with van der Waals surface area (Å²) in [5, 5.41) is 0. The van der Waals surface area contributed by atoms with Crippen molar-refractivity contribution in [3.63, 3.8) is 0 Å². The molecule has 0 heterocycles. The lowest BCUT2D eigenvalue weighted by Crippen LogP contribution is -2.29. The van der Waals surface area contributed by atoms with Crippen molar-refractivity contribution in [2.75, 3.05) is 26.4 Å². The molecule has 0 saturated heterocycles. The van der Waals surface area contributed by atoms with Crippen molar-refractivity contribution in [3.05, 3.63) is 24.3 Å². The summed E-state index contributed by atoms with van der Waals surface area (Å²) in [6.45, 7) is 3.73. The first-order chi connectivity index (χ1) is 29.3. The van der Waals surface area contributed by atoms with Gasteiger partial charge in [0.15, 0.2) is 6.10 Å². The molecular formula is C50H96NO8P. The minimum Gasteiger partial charge on any atom is -0.462 e. The van der Waals surface area contributed by atoms with Crippen LogP contribution in [-0.4, -0.2) is 49.3 Å². The van der Waals surface area contributed by atoms with Crippen LogP contribution in [0.15, 0.2) is 24.3 Å². The van der Waals surface area contributed by atoms with E-state index in [1.54, 1.807) is 0 Å². The van der Waals surface area contributed by atoms with Gasteiger partial charge in [0.2, 0.25) is 0 Å². The molecule has 9 nitrogen and oxygen atoms in total. The molecule has 60 heavy (non-hydrogen) atoms. The predicted octanol–water partition coefficient (Wildman–Crippen LogP) is 15.1. The van der Waals surface area contributed by atoms with Gasteiger partial charge in [-0.3, -0.25) is 18.6 Å². The quantitative estimate of drug-likeness (QED) is 0.0265. The Kier molecular flexibility index (Phi) is 45.8. The number of rotatable bonds is 48. The summed E-state index contributed by atoms with van der Waals surface area (Å²) in [5.74, 6) is -0.832. The molecule has 3 N–H and O–H groups in total. The van der Waals surface area contributed by atoms with Gasteiger partial charge in [0.1, 0.15) is 6.61 Å². The highest BCUT2D eigenvalue weighted by molar-refractivity contribution is 7.47. The largest absolute Gasteiger partial charge is 0.472 e. The first kappa shape index (κ1) is 58.5. The fourth-order valence-electron chi connectivity index (χ4n) is 7.31. The zero-order chi connectivity index (χ0) is 43.9. The van der Waals surface area contributed by atoms with Crippen molar-refractivity contribution < 1.29 is 37.6 Å². The van der Waals surface area contributed by atoms with E-state index in [-0.39, 0.29) is 38.6 Å². The molecule has 0 aromatic carbocycles. The van der Waals surface area contributed by atoms with Crippen LogP contribution in [0.3, 0.4) is 0 Å². The second-order valence-electron chi connectivity index (χ2n) is 17.0. The second kappa shape index (κ2) is 47.0. The van der Waals surface area contributed by atoms with Crippen LogP contribution in [0.5, 0.6) is 0 Å². The molecule has 0 rings (SSSR count). The van der Waals surface area contributed by atoms with Gasteiger partial charge in [-0.25, -0.2) is 4.57 Å². The number of nitrogens with two attached hydrogens (primary N) is 1. The third-order valence-electron chi connectivity index (χ3n) is 11.1. The average molecular weight is 870 g/mol. The molecule has 0 fully saturated rings. The minimum atomic E-state index is -4.38. The molecule has 354 valence electrons. The Morgan fingerprint density at radius 1 is 0.500 bits per heavy atom. The first-order valence-electron chi connectivity index (χ1n) is 25.3. The van der Waals surface area contributed by atoms with Crippen LogP contribution in [0.25, 0.3) is 0 Å². The summed E-state index contributed by atoms with van der Waals surface area (Å²) in [6.07, 6.45) is 52.2. The molecule has 0 spiro atoms. The highest BCUT2D eigenvalue weighted by Crippen LogP contribution is 2.43. The number of carbonyl (C=O) groups excluding carboxylic acids is 2. The van der Waals surface area contributed by atoms with E-state index >= 15 is 0 Å². The molecule has 0 aromatic rings. The molecule has 0 saturated carbocycles. The molecule has 0 aliphatic rings. The van der Waals surface area contributed by atoms with Crippen LogP contribution in [0.2, 0.25) is 0 Å². The van der Waals surface area contributed by atoms with Gasteiger partial charge in [-0.15, -0.1) is 0 Å². The first-order valence-corrected chi connectivity index (χ1v) is 26.8. The van der Waals surface area contributed by atoms with Gasteiger partial charge in [0, 0.05) is 19.4 Å². The van der Waals surface area contributed by atoms with Gasteiger partial charge in [0.05, 0.1) is 13.2 Å². The van der Waals surface area contributed by atoms with Crippen molar-refractivity contribution in [2.24, 2.45) is 5.73 Å². The van der Waals surface area contributed by atoms with Crippen LogP contribution in [0, 0.1) is 0 Å². The molecule has 0 aromatic heterocycles. The van der Waals surface area contributed by atoms with Crippen LogP contribution < -0.4 is 5.73 Å². The van der Waals surface area contributed by atoms with E-state index in [2.05, 4.69) is 38.2 Å². The van der Waals surface area contributed by atoms with Crippen LogP contribution in [-0.2, 0) is 32.7 Å². The third-order valence-corrected chi connectivity index (χ3v) is 12.1. The predicted molar refractivity (Wildman–Crippen MR) is 252 cm³/mol. The van der Waals surface area contributed by atoms with Crippen molar-refractivity contribution in [3.8, 4) is 0 Å². The van der Waals surface area contributed by atoms with Gasteiger partial charge in [-0.2, -0.15) is 0 Å². The van der Waals surface area contributed by atoms with Gasteiger partial charge in [0.25, 0.3) is 0 Å². The number of phosphoric ester groups is 1. The Labute approximate surface area is 370 Å². The number of ether oxygens (including phenoxy) is 2. The minimum absolute atomic E-state index is 0.0527. The van der Waals surface area contributed by atoms with Crippen molar-refractivity contribution in [2.45, 2.75) is 258 Å². The standard InChI is InChI=1S/C50H96NO8P/c1-3-5-7-9-11-13-15-17-19-20-21-22-23-24-25-26-27-29-30-32-34-36-38-40-42-49(52)56-46-48(47-58-60(54,55)57-45-44-51)59-50(53)43-41-39-37-35-33-31-28-18-16-14-12-10-8-6-4-2/h12,14,18,28,48H,3-11,13,15-17,19-27,29-47,51H2,1-2H3,(H,54,55)/b14-12-,28-18-. The zero-order valence-corrected chi connectivity index (χ0v) is 40.1. The Morgan fingerprint density at radius 3 is 1.30 bits per heavy atom. The molecule has 2 atom stereocenters. The highest BCUT2D eigenvalue weighted by atomic mass is 31.2. The zero-order valence-electron chi connectivity index (χ0n) is 39.2. The number of unbranched alkanes of at least 4 members (excludes halogenated alkanes) is 31. The number of esters is 2. The van der Waals surface area contributed by atoms with Gasteiger partial charge >= 0.3 is 19.8 Å². The van der Waals surface area contributed by atoms with Crippen molar-refractivity contribution >= 4 is 19.8 Å². The SMILES string of the molecule is CCCCC/C=C\C/C=C\CCCCCCCC(=O)OC(COC(=O)CCCCCCCCCCCCCCCCCCCCCCCCCC)COP(=O)(O)OCCN. The fourth-order valence-corrected chi connectivity index (χ4v) is 8.08.